The molecular formula is C22H28F2N2O4. The summed E-state index contributed by atoms with van der Waals surface area (Å²) in [5.74, 6) is -1.85. The van der Waals surface area contributed by atoms with E-state index < -0.39 is 23.3 Å². The third-order valence-corrected chi connectivity index (χ3v) is 6.52. The molecule has 0 spiro atoms. The lowest BCUT2D eigenvalue weighted by molar-refractivity contribution is -0.122. The van der Waals surface area contributed by atoms with E-state index in [0.717, 1.165) is 18.9 Å². The van der Waals surface area contributed by atoms with E-state index >= 15 is 0 Å². The molecule has 3 fully saturated rings. The van der Waals surface area contributed by atoms with Gasteiger partial charge in [-0.1, -0.05) is 0 Å². The highest BCUT2D eigenvalue weighted by molar-refractivity contribution is 5.95. The quantitative estimate of drug-likeness (QED) is 0.766. The molecule has 30 heavy (non-hydrogen) atoms. The van der Waals surface area contributed by atoms with Gasteiger partial charge in [-0.25, -0.2) is 8.78 Å². The first-order valence-electron chi connectivity index (χ1n) is 10.6. The first kappa shape index (κ1) is 21.0. The van der Waals surface area contributed by atoms with E-state index in [4.69, 9.17) is 9.47 Å². The van der Waals surface area contributed by atoms with Crippen LogP contribution < -0.4 is 10.1 Å². The molecule has 8 heteroatoms. The molecule has 1 aromatic rings. The molecule has 2 aliphatic carbocycles. The zero-order valence-corrected chi connectivity index (χ0v) is 17.3. The number of halogens is 2. The summed E-state index contributed by atoms with van der Waals surface area (Å²) in [5.41, 5.74) is -0.188. The van der Waals surface area contributed by atoms with Gasteiger partial charge in [-0.15, -0.1) is 0 Å². The summed E-state index contributed by atoms with van der Waals surface area (Å²) >= 11 is 0. The van der Waals surface area contributed by atoms with Crippen LogP contribution in [-0.2, 0) is 9.53 Å². The molecular weight excluding hydrogens is 394 g/mol. The monoisotopic (exact) mass is 422 g/mol. The number of fused-ring (bicyclic) bond motifs is 1. The van der Waals surface area contributed by atoms with Crippen LogP contribution in [0.4, 0.5) is 8.78 Å². The van der Waals surface area contributed by atoms with Gasteiger partial charge in [0.1, 0.15) is 0 Å². The molecule has 4 atom stereocenters. The van der Waals surface area contributed by atoms with E-state index in [-0.39, 0.29) is 35.5 Å². The Kier molecular flexibility index (Phi) is 5.95. The molecule has 1 aliphatic heterocycles. The second kappa shape index (κ2) is 8.49. The molecule has 2 saturated carbocycles. The minimum atomic E-state index is -0.973. The van der Waals surface area contributed by atoms with E-state index in [2.05, 4.69) is 5.32 Å². The number of nitrogens with one attached hydrogen (secondary N) is 1. The van der Waals surface area contributed by atoms with E-state index in [1.807, 2.05) is 0 Å². The lowest BCUT2D eigenvalue weighted by Crippen LogP contribution is -2.50. The Bertz CT molecular complexity index is 830. The number of hydrogen-bond acceptors (Lipinski definition) is 4. The molecule has 0 bridgehead atoms. The van der Waals surface area contributed by atoms with Gasteiger partial charge in [-0.2, -0.15) is 0 Å². The number of rotatable bonds is 6. The summed E-state index contributed by atoms with van der Waals surface area (Å²) in [7, 11) is 1.17. The standard InChI is InChI=1S/C22H28F2N2O4/c1-12(27)25-18-7-14-9-26(10-15(14)8-19(18)30-11-13-3-4-13)22(28)16-5-6-17(23)21(29-2)20(16)24/h5-6,13-15,18-19H,3-4,7-11H2,1-2H3,(H,25,27)/t14-,15+,18-,19-/m1/s1. The molecule has 1 aromatic carbocycles. The van der Waals surface area contributed by atoms with Gasteiger partial charge in [-0.05, 0) is 55.6 Å². The third-order valence-electron chi connectivity index (χ3n) is 6.52. The Balaban J connectivity index is 1.46. The highest BCUT2D eigenvalue weighted by Gasteiger charge is 2.45. The van der Waals surface area contributed by atoms with Gasteiger partial charge < -0.3 is 19.7 Å². The molecule has 3 aliphatic rings. The fourth-order valence-electron chi connectivity index (χ4n) is 4.78. The molecule has 0 aromatic heterocycles. The number of carbonyl (C=O) groups excluding carboxylic acids is 2. The Morgan fingerprint density at radius 3 is 2.50 bits per heavy atom. The molecule has 1 saturated heterocycles. The fourth-order valence-corrected chi connectivity index (χ4v) is 4.78. The Hall–Kier alpha value is -2.22. The molecule has 1 heterocycles. The van der Waals surface area contributed by atoms with Crippen molar-refractivity contribution in [2.45, 2.75) is 44.8 Å². The zero-order chi connectivity index (χ0) is 21.4. The van der Waals surface area contributed by atoms with Crippen molar-refractivity contribution in [1.82, 2.24) is 10.2 Å². The average molecular weight is 422 g/mol. The Morgan fingerprint density at radius 1 is 1.17 bits per heavy atom. The van der Waals surface area contributed by atoms with E-state index in [1.54, 1.807) is 4.90 Å². The van der Waals surface area contributed by atoms with Crippen molar-refractivity contribution < 1.29 is 27.8 Å². The van der Waals surface area contributed by atoms with Crippen LogP contribution in [-0.4, -0.2) is 55.7 Å². The van der Waals surface area contributed by atoms with Crippen molar-refractivity contribution in [3.63, 3.8) is 0 Å². The van der Waals surface area contributed by atoms with E-state index in [0.29, 0.717) is 25.6 Å². The van der Waals surface area contributed by atoms with Crippen molar-refractivity contribution in [2.24, 2.45) is 17.8 Å². The number of benzene rings is 1. The minimum Gasteiger partial charge on any atom is -0.491 e. The summed E-state index contributed by atoms with van der Waals surface area (Å²) in [6, 6.07) is 2.13. The summed E-state index contributed by atoms with van der Waals surface area (Å²) in [4.78, 5) is 26.3. The van der Waals surface area contributed by atoms with Crippen molar-refractivity contribution in [3.05, 3.63) is 29.3 Å². The van der Waals surface area contributed by atoms with Crippen LogP contribution in [0.5, 0.6) is 5.75 Å². The lowest BCUT2D eigenvalue weighted by Gasteiger charge is -2.38. The number of methoxy groups -OCH3 is 1. The van der Waals surface area contributed by atoms with Crippen LogP contribution in [0.1, 0.15) is 43.0 Å². The first-order valence-corrected chi connectivity index (χ1v) is 10.6. The van der Waals surface area contributed by atoms with Crippen LogP contribution in [0.2, 0.25) is 0 Å². The van der Waals surface area contributed by atoms with Gasteiger partial charge in [-0.3, -0.25) is 9.59 Å². The van der Waals surface area contributed by atoms with Gasteiger partial charge in [0, 0.05) is 26.6 Å². The smallest absolute Gasteiger partial charge is 0.256 e. The van der Waals surface area contributed by atoms with E-state index in [1.165, 1.54) is 32.9 Å². The number of amides is 2. The zero-order valence-electron chi connectivity index (χ0n) is 17.3. The summed E-state index contributed by atoms with van der Waals surface area (Å²) < 4.78 is 39.2. The van der Waals surface area contributed by atoms with Crippen LogP contribution >= 0.6 is 0 Å². The highest BCUT2D eigenvalue weighted by Crippen LogP contribution is 2.39. The minimum absolute atomic E-state index is 0.0755. The van der Waals surface area contributed by atoms with Gasteiger partial charge in [0.05, 0.1) is 24.8 Å². The van der Waals surface area contributed by atoms with Gasteiger partial charge >= 0.3 is 0 Å². The van der Waals surface area contributed by atoms with Gasteiger partial charge in [0.15, 0.2) is 17.4 Å². The molecule has 0 radical (unpaired) electrons. The number of carbonyl (C=O) groups is 2. The molecule has 1 N–H and O–H groups in total. The van der Waals surface area contributed by atoms with Gasteiger partial charge in [0.2, 0.25) is 5.91 Å². The molecule has 0 unspecified atom stereocenters. The second-order valence-corrected chi connectivity index (χ2v) is 8.77. The van der Waals surface area contributed by atoms with Crippen molar-refractivity contribution in [3.8, 4) is 5.75 Å². The topological polar surface area (TPSA) is 67.9 Å². The predicted molar refractivity (Wildman–Crippen MR) is 105 cm³/mol. The maximum Gasteiger partial charge on any atom is 0.256 e. The Morgan fingerprint density at radius 2 is 1.87 bits per heavy atom. The molecule has 6 nitrogen and oxygen atoms in total. The lowest BCUT2D eigenvalue weighted by atomic mass is 9.77. The normalized spacial score (nSPS) is 28.2. The van der Waals surface area contributed by atoms with Gasteiger partial charge in [0.25, 0.3) is 5.91 Å². The Labute approximate surface area is 174 Å². The van der Waals surface area contributed by atoms with Crippen LogP contribution in [0.3, 0.4) is 0 Å². The second-order valence-electron chi connectivity index (χ2n) is 8.77. The highest BCUT2D eigenvalue weighted by atomic mass is 19.1. The fraction of sp³-hybridized carbons (Fsp3) is 0.636. The molecule has 164 valence electrons. The first-order chi connectivity index (χ1) is 14.4. The summed E-state index contributed by atoms with van der Waals surface area (Å²) in [6.07, 6.45) is 3.78. The van der Waals surface area contributed by atoms with Crippen molar-refractivity contribution in [2.75, 3.05) is 26.8 Å². The van der Waals surface area contributed by atoms with Crippen molar-refractivity contribution in [1.29, 1.82) is 0 Å². The van der Waals surface area contributed by atoms with E-state index in [9.17, 15) is 18.4 Å². The maximum atomic E-state index is 14.6. The summed E-state index contributed by atoms with van der Waals surface area (Å²) in [6.45, 7) is 3.19. The number of hydrogen-bond donors (Lipinski definition) is 1. The number of nitrogens with zero attached hydrogens (tertiary/aromatic N) is 1. The van der Waals surface area contributed by atoms with Crippen LogP contribution in [0.25, 0.3) is 0 Å². The SMILES string of the molecule is COc1c(F)ccc(C(=O)N2C[C@H]3C[C@@H](NC(C)=O)[C@H](OCC4CC4)C[C@H]3C2)c1F. The average Bonchev–Trinajstić information content (AvgIpc) is 3.43. The number of ether oxygens (including phenoxy) is 2. The van der Waals surface area contributed by atoms with Crippen LogP contribution in [0.15, 0.2) is 12.1 Å². The molecule has 2 amide bonds. The third kappa shape index (κ3) is 4.29. The molecule has 4 rings (SSSR count). The largest absolute Gasteiger partial charge is 0.491 e. The number of likely N-dealkylation sites (tertiary alicyclic amines) is 1. The predicted octanol–water partition coefficient (Wildman–Crippen LogP) is 2.76. The van der Waals surface area contributed by atoms with Crippen molar-refractivity contribution >= 4 is 11.8 Å². The summed E-state index contributed by atoms with van der Waals surface area (Å²) in [5, 5.41) is 3.01. The van der Waals surface area contributed by atoms with Crippen LogP contribution in [0, 0.1) is 29.4 Å². The maximum absolute atomic E-state index is 14.6.